The molecule has 0 atom stereocenters. The van der Waals surface area contributed by atoms with Crippen LogP contribution in [0.2, 0.25) is 0 Å². The molecule has 102 valence electrons. The number of ether oxygens (including phenoxy) is 1. The topological polar surface area (TPSA) is 21.3 Å². The maximum atomic E-state index is 5.66. The molecule has 0 amide bonds. The van der Waals surface area contributed by atoms with Crippen molar-refractivity contribution in [2.24, 2.45) is 11.3 Å². The van der Waals surface area contributed by atoms with Crippen LogP contribution in [0.25, 0.3) is 0 Å². The summed E-state index contributed by atoms with van der Waals surface area (Å²) in [6.45, 7) is 11.9. The van der Waals surface area contributed by atoms with E-state index in [1.54, 1.807) is 0 Å². The van der Waals surface area contributed by atoms with E-state index in [0.29, 0.717) is 5.41 Å². The van der Waals surface area contributed by atoms with E-state index in [4.69, 9.17) is 4.74 Å². The third-order valence-electron chi connectivity index (χ3n) is 3.69. The molecule has 0 aromatic heterocycles. The zero-order chi connectivity index (χ0) is 12.7. The molecular weight excluding hydrogens is 210 g/mol. The second-order valence-electron chi connectivity index (χ2n) is 6.83. The van der Waals surface area contributed by atoms with Crippen molar-refractivity contribution in [1.82, 2.24) is 5.32 Å². The first-order valence-corrected chi connectivity index (χ1v) is 7.28. The predicted octanol–water partition coefficient (Wildman–Crippen LogP) is 3.61. The largest absolute Gasteiger partial charge is 0.380 e. The fraction of sp³-hybridized carbons (Fsp3) is 1.00. The molecule has 1 rings (SSSR count). The summed E-state index contributed by atoms with van der Waals surface area (Å²) in [6.07, 6.45) is 6.63. The molecule has 0 radical (unpaired) electrons. The minimum absolute atomic E-state index is 0.396. The summed E-state index contributed by atoms with van der Waals surface area (Å²) in [4.78, 5) is 0. The smallest absolute Gasteiger partial charge is 0.0591 e. The van der Waals surface area contributed by atoms with E-state index in [1.165, 1.54) is 25.7 Å². The fourth-order valence-corrected chi connectivity index (χ4v) is 2.28. The molecule has 1 fully saturated rings. The van der Waals surface area contributed by atoms with Gasteiger partial charge in [0.1, 0.15) is 0 Å². The highest BCUT2D eigenvalue weighted by Gasteiger charge is 2.17. The minimum atomic E-state index is 0.396. The molecule has 0 heterocycles. The zero-order valence-corrected chi connectivity index (χ0v) is 12.2. The SMILES string of the molecule is CC1CCC(NCCOCCC(C)(C)C)CC1. The first-order valence-electron chi connectivity index (χ1n) is 7.28. The summed E-state index contributed by atoms with van der Waals surface area (Å²) < 4.78 is 5.66. The molecule has 0 aromatic carbocycles. The van der Waals surface area contributed by atoms with Gasteiger partial charge in [0, 0.05) is 19.2 Å². The van der Waals surface area contributed by atoms with Crippen LogP contribution in [0.15, 0.2) is 0 Å². The average molecular weight is 241 g/mol. The summed E-state index contributed by atoms with van der Waals surface area (Å²) in [5.41, 5.74) is 0.396. The number of hydrogen-bond acceptors (Lipinski definition) is 2. The first-order chi connectivity index (χ1) is 7.97. The van der Waals surface area contributed by atoms with Gasteiger partial charge in [-0.3, -0.25) is 0 Å². The third-order valence-corrected chi connectivity index (χ3v) is 3.69. The number of nitrogens with one attached hydrogen (secondary N) is 1. The molecule has 0 saturated heterocycles. The lowest BCUT2D eigenvalue weighted by molar-refractivity contribution is 0.107. The van der Waals surface area contributed by atoms with E-state index < -0.39 is 0 Å². The Kier molecular flexibility index (Phi) is 6.50. The monoisotopic (exact) mass is 241 g/mol. The molecule has 0 aliphatic heterocycles. The summed E-state index contributed by atoms with van der Waals surface area (Å²) in [5.74, 6) is 0.941. The minimum Gasteiger partial charge on any atom is -0.380 e. The van der Waals surface area contributed by atoms with Gasteiger partial charge in [0.15, 0.2) is 0 Å². The molecule has 0 unspecified atom stereocenters. The average Bonchev–Trinajstić information content (AvgIpc) is 2.24. The molecule has 0 aromatic rings. The van der Waals surface area contributed by atoms with Crippen LogP contribution in [0.5, 0.6) is 0 Å². The Morgan fingerprint density at radius 3 is 2.29 bits per heavy atom. The van der Waals surface area contributed by atoms with Gasteiger partial charge in [0.05, 0.1) is 6.61 Å². The van der Waals surface area contributed by atoms with Crippen molar-refractivity contribution in [3.05, 3.63) is 0 Å². The molecule has 17 heavy (non-hydrogen) atoms. The Labute approximate surface area is 108 Å². The van der Waals surface area contributed by atoms with Crippen molar-refractivity contribution in [3.63, 3.8) is 0 Å². The Bertz CT molecular complexity index is 190. The van der Waals surface area contributed by atoms with E-state index >= 15 is 0 Å². The van der Waals surface area contributed by atoms with Gasteiger partial charge in [-0.1, -0.05) is 27.7 Å². The van der Waals surface area contributed by atoms with Gasteiger partial charge in [-0.15, -0.1) is 0 Å². The highest BCUT2D eigenvalue weighted by molar-refractivity contribution is 4.74. The van der Waals surface area contributed by atoms with Crippen molar-refractivity contribution >= 4 is 0 Å². The van der Waals surface area contributed by atoms with Crippen LogP contribution in [0.3, 0.4) is 0 Å². The van der Waals surface area contributed by atoms with Gasteiger partial charge in [0.2, 0.25) is 0 Å². The zero-order valence-electron chi connectivity index (χ0n) is 12.2. The van der Waals surface area contributed by atoms with Crippen molar-refractivity contribution in [2.75, 3.05) is 19.8 Å². The van der Waals surface area contributed by atoms with E-state index in [1.807, 2.05) is 0 Å². The lowest BCUT2D eigenvalue weighted by Gasteiger charge is -2.27. The quantitative estimate of drug-likeness (QED) is 0.717. The maximum Gasteiger partial charge on any atom is 0.0591 e. The molecule has 0 bridgehead atoms. The summed E-state index contributed by atoms with van der Waals surface area (Å²) in [5, 5.41) is 3.61. The van der Waals surface area contributed by atoms with Gasteiger partial charge in [-0.25, -0.2) is 0 Å². The fourth-order valence-electron chi connectivity index (χ4n) is 2.28. The molecule has 1 aliphatic carbocycles. The van der Waals surface area contributed by atoms with Crippen LogP contribution in [0.4, 0.5) is 0 Å². The van der Waals surface area contributed by atoms with Crippen LogP contribution in [-0.4, -0.2) is 25.8 Å². The molecule has 2 nitrogen and oxygen atoms in total. The maximum absolute atomic E-state index is 5.66. The predicted molar refractivity (Wildman–Crippen MR) is 74.3 cm³/mol. The van der Waals surface area contributed by atoms with E-state index in [9.17, 15) is 0 Å². The van der Waals surface area contributed by atoms with Crippen molar-refractivity contribution in [3.8, 4) is 0 Å². The Morgan fingerprint density at radius 2 is 1.71 bits per heavy atom. The Balaban J connectivity index is 1.91. The Morgan fingerprint density at radius 1 is 1.06 bits per heavy atom. The second kappa shape index (κ2) is 7.38. The Hall–Kier alpha value is -0.0800. The molecule has 1 saturated carbocycles. The molecular formula is C15H31NO. The standard InChI is InChI=1S/C15H31NO/c1-13-5-7-14(8-6-13)16-10-12-17-11-9-15(2,3)4/h13-14,16H,5-12H2,1-4H3. The molecule has 0 spiro atoms. The number of rotatable bonds is 6. The lowest BCUT2D eigenvalue weighted by atomic mass is 9.87. The van der Waals surface area contributed by atoms with Crippen LogP contribution >= 0.6 is 0 Å². The van der Waals surface area contributed by atoms with E-state index in [0.717, 1.165) is 38.1 Å². The van der Waals surface area contributed by atoms with Crippen LogP contribution in [-0.2, 0) is 4.74 Å². The second-order valence-corrected chi connectivity index (χ2v) is 6.83. The lowest BCUT2D eigenvalue weighted by Crippen LogP contribution is -2.35. The molecule has 2 heteroatoms. The van der Waals surface area contributed by atoms with Gasteiger partial charge in [-0.05, 0) is 43.4 Å². The highest BCUT2D eigenvalue weighted by Crippen LogP contribution is 2.23. The summed E-state index contributed by atoms with van der Waals surface area (Å²) in [6, 6.07) is 0.748. The van der Waals surface area contributed by atoms with Gasteiger partial charge in [0.25, 0.3) is 0 Å². The third kappa shape index (κ3) is 7.77. The van der Waals surface area contributed by atoms with Gasteiger partial charge >= 0.3 is 0 Å². The first kappa shape index (κ1) is 15.0. The number of hydrogen-bond donors (Lipinski definition) is 1. The molecule has 1 N–H and O–H groups in total. The molecule has 1 aliphatic rings. The van der Waals surface area contributed by atoms with Crippen molar-refractivity contribution in [2.45, 2.75) is 65.8 Å². The summed E-state index contributed by atoms with van der Waals surface area (Å²) >= 11 is 0. The highest BCUT2D eigenvalue weighted by atomic mass is 16.5. The summed E-state index contributed by atoms with van der Waals surface area (Å²) in [7, 11) is 0. The van der Waals surface area contributed by atoms with Crippen LogP contribution < -0.4 is 5.32 Å². The van der Waals surface area contributed by atoms with Gasteiger partial charge in [-0.2, -0.15) is 0 Å². The van der Waals surface area contributed by atoms with Crippen LogP contribution in [0.1, 0.15) is 59.8 Å². The normalized spacial score (nSPS) is 26.1. The van der Waals surface area contributed by atoms with Crippen LogP contribution in [0, 0.1) is 11.3 Å². The van der Waals surface area contributed by atoms with Gasteiger partial charge < -0.3 is 10.1 Å². The van der Waals surface area contributed by atoms with E-state index in [-0.39, 0.29) is 0 Å². The van der Waals surface area contributed by atoms with E-state index in [2.05, 4.69) is 33.0 Å². The van der Waals surface area contributed by atoms with Crippen molar-refractivity contribution in [1.29, 1.82) is 0 Å². The van der Waals surface area contributed by atoms with Crippen molar-refractivity contribution < 1.29 is 4.74 Å².